The molecule has 0 bridgehead atoms. The Labute approximate surface area is 105 Å². The van der Waals surface area contributed by atoms with E-state index in [1.807, 2.05) is 29.6 Å². The quantitative estimate of drug-likeness (QED) is 0.898. The van der Waals surface area contributed by atoms with Crippen molar-refractivity contribution in [3.63, 3.8) is 0 Å². The number of rotatable bonds is 4. The van der Waals surface area contributed by atoms with Gasteiger partial charge in [0.25, 0.3) is 0 Å². The first kappa shape index (κ1) is 11.8. The largest absolute Gasteiger partial charge is 0.304 e. The smallest absolute Gasteiger partial charge is 0.100 e. The lowest BCUT2D eigenvalue weighted by Crippen LogP contribution is -2.18. The van der Waals surface area contributed by atoms with Crippen LogP contribution in [0.15, 0.2) is 35.8 Å². The molecule has 0 unspecified atom stereocenters. The molecular formula is C13H13N3S. The zero-order valence-corrected chi connectivity index (χ0v) is 10.4. The fourth-order valence-corrected chi connectivity index (χ4v) is 2.28. The Balaban J connectivity index is 1.92. The summed E-state index contributed by atoms with van der Waals surface area (Å²) in [5.41, 5.74) is 1.77. The van der Waals surface area contributed by atoms with Gasteiger partial charge in [-0.1, -0.05) is 6.07 Å². The van der Waals surface area contributed by atoms with Crippen LogP contribution in [-0.4, -0.2) is 4.98 Å². The van der Waals surface area contributed by atoms with Gasteiger partial charge in [-0.25, -0.2) is 0 Å². The predicted molar refractivity (Wildman–Crippen MR) is 68.5 cm³/mol. The fraction of sp³-hybridized carbons (Fsp3) is 0.231. The third kappa shape index (κ3) is 3.13. The molecule has 0 fully saturated rings. The van der Waals surface area contributed by atoms with E-state index in [2.05, 4.69) is 23.3 Å². The highest BCUT2D eigenvalue weighted by atomic mass is 32.1. The molecule has 0 aliphatic rings. The van der Waals surface area contributed by atoms with Gasteiger partial charge in [-0.3, -0.25) is 4.98 Å². The second-order valence-corrected chi connectivity index (χ2v) is 4.77. The van der Waals surface area contributed by atoms with Crippen LogP contribution in [0.2, 0.25) is 0 Å². The molecule has 1 atom stereocenters. The molecule has 0 radical (unpaired) electrons. The number of nitrogens with zero attached hydrogens (tertiary/aromatic N) is 2. The summed E-state index contributed by atoms with van der Waals surface area (Å²) in [5, 5.41) is 14.0. The molecule has 2 rings (SSSR count). The molecule has 2 aromatic heterocycles. The van der Waals surface area contributed by atoms with E-state index in [0.717, 1.165) is 17.8 Å². The summed E-state index contributed by atoms with van der Waals surface area (Å²) in [7, 11) is 0. The molecule has 2 aromatic rings. The summed E-state index contributed by atoms with van der Waals surface area (Å²) in [6.45, 7) is 2.85. The molecule has 17 heavy (non-hydrogen) atoms. The Hall–Kier alpha value is -1.70. The van der Waals surface area contributed by atoms with Crippen molar-refractivity contribution >= 4 is 11.3 Å². The van der Waals surface area contributed by atoms with Crippen molar-refractivity contribution < 1.29 is 0 Å². The normalized spacial score (nSPS) is 12.0. The molecule has 86 valence electrons. The maximum absolute atomic E-state index is 8.73. The number of nitriles is 1. The van der Waals surface area contributed by atoms with Crippen LogP contribution >= 0.6 is 11.3 Å². The Bertz CT molecular complexity index is 513. The zero-order chi connectivity index (χ0) is 12.1. The fourth-order valence-electron chi connectivity index (χ4n) is 1.52. The van der Waals surface area contributed by atoms with E-state index in [9.17, 15) is 0 Å². The first-order chi connectivity index (χ1) is 8.29. The summed E-state index contributed by atoms with van der Waals surface area (Å²) in [6.07, 6.45) is 1.80. The van der Waals surface area contributed by atoms with Crippen molar-refractivity contribution in [3.05, 3.63) is 52.0 Å². The van der Waals surface area contributed by atoms with Gasteiger partial charge in [0.15, 0.2) is 0 Å². The van der Waals surface area contributed by atoms with Crippen molar-refractivity contribution in [3.8, 4) is 6.07 Å². The standard InChI is InChI=1S/C13H13N3S/c1-10(13-4-2-3-5-15-13)16-8-12-6-11(7-14)9-17-12/h2-6,9-10,16H,8H2,1H3/t10-/m0/s1. The van der Waals surface area contributed by atoms with Crippen LogP contribution in [0.4, 0.5) is 0 Å². The first-order valence-electron chi connectivity index (χ1n) is 5.41. The van der Waals surface area contributed by atoms with E-state index in [-0.39, 0.29) is 6.04 Å². The van der Waals surface area contributed by atoms with Gasteiger partial charge in [-0.2, -0.15) is 5.26 Å². The van der Waals surface area contributed by atoms with Gasteiger partial charge in [0.05, 0.1) is 11.3 Å². The minimum Gasteiger partial charge on any atom is -0.304 e. The minimum absolute atomic E-state index is 0.212. The SMILES string of the molecule is C[C@H](NCc1cc(C#N)cs1)c1ccccn1. The average Bonchev–Trinajstić information content (AvgIpc) is 2.85. The summed E-state index contributed by atoms with van der Waals surface area (Å²) in [6, 6.07) is 10.2. The van der Waals surface area contributed by atoms with E-state index in [1.54, 1.807) is 17.5 Å². The molecule has 0 amide bonds. The number of hydrogen-bond donors (Lipinski definition) is 1. The van der Waals surface area contributed by atoms with E-state index in [4.69, 9.17) is 5.26 Å². The van der Waals surface area contributed by atoms with Gasteiger partial charge in [0.2, 0.25) is 0 Å². The molecule has 0 aliphatic carbocycles. The minimum atomic E-state index is 0.212. The van der Waals surface area contributed by atoms with Crippen LogP contribution in [0.1, 0.15) is 29.1 Å². The topological polar surface area (TPSA) is 48.7 Å². The van der Waals surface area contributed by atoms with E-state index >= 15 is 0 Å². The first-order valence-corrected chi connectivity index (χ1v) is 6.29. The third-order valence-electron chi connectivity index (χ3n) is 2.50. The lowest BCUT2D eigenvalue weighted by Gasteiger charge is -2.11. The van der Waals surface area contributed by atoms with E-state index in [1.165, 1.54) is 4.88 Å². The molecule has 4 heteroatoms. The number of nitrogens with one attached hydrogen (secondary N) is 1. The summed E-state index contributed by atoms with van der Waals surface area (Å²) < 4.78 is 0. The van der Waals surface area contributed by atoms with Gasteiger partial charge < -0.3 is 5.32 Å². The number of pyridine rings is 1. The van der Waals surface area contributed by atoms with Gasteiger partial charge in [-0.15, -0.1) is 11.3 Å². The summed E-state index contributed by atoms with van der Waals surface area (Å²) in [5.74, 6) is 0. The lowest BCUT2D eigenvalue weighted by atomic mass is 10.2. The van der Waals surface area contributed by atoms with Crippen LogP contribution in [0.5, 0.6) is 0 Å². The van der Waals surface area contributed by atoms with Crippen molar-refractivity contribution in [2.45, 2.75) is 19.5 Å². The third-order valence-corrected chi connectivity index (χ3v) is 3.43. The summed E-state index contributed by atoms with van der Waals surface area (Å²) >= 11 is 1.61. The molecule has 1 N–H and O–H groups in total. The highest BCUT2D eigenvalue weighted by molar-refractivity contribution is 7.10. The Kier molecular flexibility index (Phi) is 3.86. The molecule has 0 saturated heterocycles. The Morgan fingerprint density at radius 1 is 1.53 bits per heavy atom. The number of hydrogen-bond acceptors (Lipinski definition) is 4. The van der Waals surface area contributed by atoms with Gasteiger partial charge >= 0.3 is 0 Å². The Morgan fingerprint density at radius 2 is 2.41 bits per heavy atom. The highest BCUT2D eigenvalue weighted by Gasteiger charge is 2.06. The van der Waals surface area contributed by atoms with Gasteiger partial charge in [0, 0.05) is 29.0 Å². The summed E-state index contributed by atoms with van der Waals surface area (Å²) in [4.78, 5) is 5.47. The predicted octanol–water partition coefficient (Wildman–Crippen LogP) is 2.87. The maximum Gasteiger partial charge on any atom is 0.100 e. The van der Waals surface area contributed by atoms with Crippen LogP contribution in [-0.2, 0) is 6.54 Å². The highest BCUT2D eigenvalue weighted by Crippen LogP contribution is 2.15. The molecule has 0 saturated carbocycles. The number of aromatic nitrogens is 1. The van der Waals surface area contributed by atoms with Crippen molar-refractivity contribution in [1.82, 2.24) is 10.3 Å². The second kappa shape index (κ2) is 5.58. The second-order valence-electron chi connectivity index (χ2n) is 3.77. The molecule has 0 aliphatic heterocycles. The van der Waals surface area contributed by atoms with E-state index in [0.29, 0.717) is 0 Å². The average molecular weight is 243 g/mol. The zero-order valence-electron chi connectivity index (χ0n) is 9.55. The van der Waals surface area contributed by atoms with Crippen molar-refractivity contribution in [2.24, 2.45) is 0 Å². The van der Waals surface area contributed by atoms with Gasteiger partial charge in [0.1, 0.15) is 6.07 Å². The molecule has 0 aromatic carbocycles. The van der Waals surface area contributed by atoms with Crippen LogP contribution in [0, 0.1) is 11.3 Å². The van der Waals surface area contributed by atoms with E-state index < -0.39 is 0 Å². The Morgan fingerprint density at radius 3 is 3.06 bits per heavy atom. The monoisotopic (exact) mass is 243 g/mol. The molecule has 3 nitrogen and oxygen atoms in total. The van der Waals surface area contributed by atoms with Crippen LogP contribution < -0.4 is 5.32 Å². The van der Waals surface area contributed by atoms with Crippen LogP contribution in [0.25, 0.3) is 0 Å². The van der Waals surface area contributed by atoms with Crippen molar-refractivity contribution in [1.29, 1.82) is 5.26 Å². The number of thiophene rings is 1. The maximum atomic E-state index is 8.73. The van der Waals surface area contributed by atoms with Crippen LogP contribution in [0.3, 0.4) is 0 Å². The molecule has 2 heterocycles. The van der Waals surface area contributed by atoms with Gasteiger partial charge in [-0.05, 0) is 25.1 Å². The molecule has 0 spiro atoms. The molecular weight excluding hydrogens is 230 g/mol. The lowest BCUT2D eigenvalue weighted by molar-refractivity contribution is 0.565. The van der Waals surface area contributed by atoms with Crippen molar-refractivity contribution in [2.75, 3.05) is 0 Å².